The van der Waals surface area contributed by atoms with Crippen molar-refractivity contribution in [2.24, 2.45) is 0 Å². The lowest BCUT2D eigenvalue weighted by atomic mass is 10.2. The Labute approximate surface area is 131 Å². The van der Waals surface area contributed by atoms with Crippen LogP contribution in [-0.4, -0.2) is 4.92 Å². The topological polar surface area (TPSA) is 52.4 Å². The molecule has 0 aliphatic carbocycles. The SMILES string of the molecule is O=[N+]([O-])c1cc(Br)c(F)cc1Oc1ccc(CBr)cc1. The predicted octanol–water partition coefficient (Wildman–Crippen LogP) is 5.18. The zero-order chi connectivity index (χ0) is 14.7. The Kier molecular flexibility index (Phi) is 4.72. The highest BCUT2D eigenvalue weighted by molar-refractivity contribution is 9.10. The number of hydrogen-bond donors (Lipinski definition) is 0. The van der Waals surface area contributed by atoms with Gasteiger partial charge in [0.1, 0.15) is 11.6 Å². The minimum atomic E-state index is -0.623. The number of rotatable bonds is 4. The molecular formula is C13H8Br2FNO3. The van der Waals surface area contributed by atoms with Crippen LogP contribution in [0, 0.1) is 15.9 Å². The van der Waals surface area contributed by atoms with Gasteiger partial charge in [0, 0.05) is 17.5 Å². The maximum absolute atomic E-state index is 13.5. The molecule has 0 bridgehead atoms. The maximum atomic E-state index is 13.5. The van der Waals surface area contributed by atoms with Gasteiger partial charge in [0.15, 0.2) is 0 Å². The third kappa shape index (κ3) is 3.34. The molecule has 0 spiro atoms. The summed E-state index contributed by atoms with van der Waals surface area (Å²) >= 11 is 6.22. The van der Waals surface area contributed by atoms with E-state index in [0.29, 0.717) is 11.1 Å². The molecule has 2 aromatic carbocycles. The number of nitrogens with zero attached hydrogens (tertiary/aromatic N) is 1. The lowest BCUT2D eigenvalue weighted by molar-refractivity contribution is -0.385. The van der Waals surface area contributed by atoms with Crippen molar-refractivity contribution in [2.75, 3.05) is 0 Å². The highest BCUT2D eigenvalue weighted by atomic mass is 79.9. The number of hydrogen-bond acceptors (Lipinski definition) is 3. The summed E-state index contributed by atoms with van der Waals surface area (Å²) in [6.07, 6.45) is 0. The van der Waals surface area contributed by atoms with Crippen LogP contribution in [0.5, 0.6) is 11.5 Å². The fraction of sp³-hybridized carbons (Fsp3) is 0.0769. The van der Waals surface area contributed by atoms with E-state index in [1.54, 1.807) is 12.1 Å². The molecule has 0 saturated carbocycles. The Balaban J connectivity index is 2.36. The number of nitro groups is 1. The Morgan fingerprint density at radius 2 is 1.90 bits per heavy atom. The molecule has 0 fully saturated rings. The van der Waals surface area contributed by atoms with Gasteiger partial charge in [-0.1, -0.05) is 28.1 Å². The van der Waals surface area contributed by atoms with Gasteiger partial charge >= 0.3 is 5.69 Å². The van der Waals surface area contributed by atoms with E-state index in [1.165, 1.54) is 0 Å². The fourth-order valence-corrected chi connectivity index (χ4v) is 2.22. The molecule has 2 aromatic rings. The molecule has 0 unspecified atom stereocenters. The minimum absolute atomic E-state index is 0.0196. The number of ether oxygens (including phenoxy) is 1. The van der Waals surface area contributed by atoms with Crippen molar-refractivity contribution in [3.63, 3.8) is 0 Å². The van der Waals surface area contributed by atoms with Crippen molar-refractivity contribution in [1.29, 1.82) is 0 Å². The molecule has 7 heteroatoms. The van der Waals surface area contributed by atoms with Gasteiger partial charge in [-0.3, -0.25) is 10.1 Å². The molecule has 0 radical (unpaired) electrons. The van der Waals surface area contributed by atoms with E-state index in [-0.39, 0.29) is 15.9 Å². The smallest absolute Gasteiger partial charge is 0.312 e. The van der Waals surface area contributed by atoms with E-state index in [1.807, 2.05) is 12.1 Å². The predicted molar refractivity (Wildman–Crippen MR) is 79.9 cm³/mol. The summed E-state index contributed by atoms with van der Waals surface area (Å²) in [4.78, 5) is 10.3. The standard InChI is InChI=1S/C13H8Br2FNO3/c14-7-8-1-3-9(4-2-8)20-13-6-11(16)10(15)5-12(13)17(18)19/h1-6H,7H2. The lowest BCUT2D eigenvalue weighted by Gasteiger charge is -2.07. The lowest BCUT2D eigenvalue weighted by Crippen LogP contribution is -1.95. The first-order chi connectivity index (χ1) is 9.51. The fourth-order valence-electron chi connectivity index (χ4n) is 1.52. The van der Waals surface area contributed by atoms with Gasteiger partial charge in [0.25, 0.3) is 0 Å². The highest BCUT2D eigenvalue weighted by Gasteiger charge is 2.19. The Morgan fingerprint density at radius 3 is 2.45 bits per heavy atom. The largest absolute Gasteiger partial charge is 0.450 e. The molecule has 4 nitrogen and oxygen atoms in total. The van der Waals surface area contributed by atoms with Crippen LogP contribution in [0.25, 0.3) is 0 Å². The van der Waals surface area contributed by atoms with Crippen LogP contribution in [0.15, 0.2) is 40.9 Å². The molecule has 0 heterocycles. The number of benzene rings is 2. The van der Waals surface area contributed by atoms with Crippen LogP contribution in [0.1, 0.15) is 5.56 Å². The van der Waals surface area contributed by atoms with Gasteiger partial charge < -0.3 is 4.74 Å². The van der Waals surface area contributed by atoms with E-state index in [0.717, 1.165) is 17.7 Å². The van der Waals surface area contributed by atoms with Gasteiger partial charge in [-0.15, -0.1) is 0 Å². The third-order valence-corrected chi connectivity index (χ3v) is 3.76. The van der Waals surface area contributed by atoms with Crippen LogP contribution in [0.4, 0.5) is 10.1 Å². The van der Waals surface area contributed by atoms with Gasteiger partial charge in [-0.25, -0.2) is 4.39 Å². The van der Waals surface area contributed by atoms with Crippen molar-refractivity contribution < 1.29 is 14.1 Å². The molecular weight excluding hydrogens is 397 g/mol. The average Bonchev–Trinajstić information content (AvgIpc) is 2.43. The van der Waals surface area contributed by atoms with Crippen LogP contribution in [0.2, 0.25) is 0 Å². The molecule has 104 valence electrons. The number of nitro benzene ring substituents is 1. The third-order valence-electron chi connectivity index (χ3n) is 2.50. The maximum Gasteiger partial charge on any atom is 0.312 e. The molecule has 20 heavy (non-hydrogen) atoms. The van der Waals surface area contributed by atoms with Crippen LogP contribution in [0.3, 0.4) is 0 Å². The molecule has 0 saturated heterocycles. The van der Waals surface area contributed by atoms with Crippen molar-refractivity contribution in [3.8, 4) is 11.5 Å². The second kappa shape index (κ2) is 6.32. The number of alkyl halides is 1. The zero-order valence-corrected chi connectivity index (χ0v) is 13.1. The summed E-state index contributed by atoms with van der Waals surface area (Å²) in [6, 6.07) is 9.02. The Hall–Kier alpha value is -1.47. The van der Waals surface area contributed by atoms with E-state index < -0.39 is 10.7 Å². The first-order valence-corrected chi connectivity index (χ1v) is 7.39. The summed E-state index contributed by atoms with van der Waals surface area (Å²) in [5, 5.41) is 11.6. The summed E-state index contributed by atoms with van der Waals surface area (Å²) in [6.45, 7) is 0. The molecule has 2 rings (SSSR count). The first-order valence-electron chi connectivity index (χ1n) is 5.47. The van der Waals surface area contributed by atoms with Gasteiger partial charge in [0.05, 0.1) is 9.40 Å². The van der Waals surface area contributed by atoms with E-state index in [9.17, 15) is 14.5 Å². The van der Waals surface area contributed by atoms with E-state index >= 15 is 0 Å². The molecule has 0 aliphatic heterocycles. The monoisotopic (exact) mass is 403 g/mol. The summed E-state index contributed by atoms with van der Waals surface area (Å²) < 4.78 is 18.9. The molecule has 0 aliphatic rings. The highest BCUT2D eigenvalue weighted by Crippen LogP contribution is 2.35. The second-order valence-electron chi connectivity index (χ2n) is 3.87. The second-order valence-corrected chi connectivity index (χ2v) is 5.29. The van der Waals surface area contributed by atoms with Crippen molar-refractivity contribution >= 4 is 37.5 Å². The Morgan fingerprint density at radius 1 is 1.25 bits per heavy atom. The van der Waals surface area contributed by atoms with Crippen LogP contribution in [-0.2, 0) is 5.33 Å². The molecule has 0 amide bonds. The molecule has 0 atom stereocenters. The Bertz CT molecular complexity index is 647. The summed E-state index contributed by atoms with van der Waals surface area (Å²) in [5.74, 6) is -0.357. The van der Waals surface area contributed by atoms with E-state index in [4.69, 9.17) is 4.74 Å². The minimum Gasteiger partial charge on any atom is -0.450 e. The van der Waals surface area contributed by atoms with Gasteiger partial charge in [0.2, 0.25) is 5.75 Å². The summed E-state index contributed by atoms with van der Waals surface area (Å²) in [7, 11) is 0. The average molecular weight is 405 g/mol. The van der Waals surface area contributed by atoms with Crippen molar-refractivity contribution in [1.82, 2.24) is 0 Å². The van der Waals surface area contributed by atoms with Crippen LogP contribution < -0.4 is 4.74 Å². The van der Waals surface area contributed by atoms with Crippen LogP contribution >= 0.6 is 31.9 Å². The summed E-state index contributed by atoms with van der Waals surface area (Å²) in [5.41, 5.74) is 0.733. The first kappa shape index (κ1) is 14.9. The quantitative estimate of drug-likeness (QED) is 0.400. The zero-order valence-electron chi connectivity index (χ0n) is 9.98. The van der Waals surface area contributed by atoms with Gasteiger partial charge in [-0.2, -0.15) is 0 Å². The van der Waals surface area contributed by atoms with Crippen molar-refractivity contribution in [2.45, 2.75) is 5.33 Å². The van der Waals surface area contributed by atoms with Crippen molar-refractivity contribution in [3.05, 3.63) is 62.4 Å². The van der Waals surface area contributed by atoms with E-state index in [2.05, 4.69) is 31.9 Å². The normalized spacial score (nSPS) is 10.3. The van der Waals surface area contributed by atoms with Gasteiger partial charge in [-0.05, 0) is 33.6 Å². The molecule has 0 N–H and O–H groups in total. The number of halogens is 3. The molecule has 0 aromatic heterocycles.